The van der Waals surface area contributed by atoms with Gasteiger partial charge in [0.2, 0.25) is 11.8 Å². The summed E-state index contributed by atoms with van der Waals surface area (Å²) in [6.45, 7) is 3.74. The quantitative estimate of drug-likeness (QED) is 0.591. The van der Waals surface area contributed by atoms with E-state index in [1.54, 1.807) is 12.1 Å². The lowest BCUT2D eigenvalue weighted by Crippen LogP contribution is -2.31. The molecule has 1 aromatic carbocycles. The Morgan fingerprint density at radius 3 is 2.68 bits per heavy atom. The number of pyridine rings is 1. The molecule has 2 aromatic heterocycles. The summed E-state index contributed by atoms with van der Waals surface area (Å²) >= 11 is 1.38. The van der Waals surface area contributed by atoms with Crippen LogP contribution in [0.3, 0.4) is 0 Å². The summed E-state index contributed by atoms with van der Waals surface area (Å²) in [7, 11) is 0. The second-order valence-corrected chi connectivity index (χ2v) is 8.15. The minimum absolute atomic E-state index is 0.197. The Morgan fingerprint density at radius 2 is 2.00 bits per heavy atom. The summed E-state index contributed by atoms with van der Waals surface area (Å²) < 4.78 is 19.0. The van der Waals surface area contributed by atoms with Crippen molar-refractivity contribution in [3.8, 4) is 18.0 Å². The predicted molar refractivity (Wildman–Crippen MR) is 112 cm³/mol. The fourth-order valence-corrected chi connectivity index (χ4v) is 4.77. The zero-order chi connectivity index (χ0) is 22.1. The molecule has 1 aliphatic rings. The van der Waals surface area contributed by atoms with Crippen molar-refractivity contribution in [2.24, 2.45) is 5.92 Å². The number of rotatable bonds is 4. The molecular weight excluding hydrogens is 415 g/mol. The molecule has 1 aliphatic heterocycles. The number of hydrogen-bond donors (Lipinski definition) is 2. The molecular formula is C22H17FN6OS. The highest BCUT2D eigenvalue weighted by molar-refractivity contribution is 7.98. The molecule has 154 valence electrons. The molecule has 0 spiro atoms. The minimum Gasteiger partial charge on any atom is -0.422 e. The Balaban J connectivity index is 1.74. The van der Waals surface area contributed by atoms with E-state index >= 15 is 0 Å². The number of ether oxygens (including phenoxy) is 1. The van der Waals surface area contributed by atoms with Gasteiger partial charge in [0.15, 0.2) is 0 Å². The Kier molecular flexibility index (Phi) is 5.45. The number of nitriles is 2. The monoisotopic (exact) mass is 432 g/mol. The van der Waals surface area contributed by atoms with Crippen LogP contribution in [-0.2, 0) is 5.75 Å². The van der Waals surface area contributed by atoms with Crippen molar-refractivity contribution in [3.05, 3.63) is 69.8 Å². The molecule has 2 atom stereocenters. The summed E-state index contributed by atoms with van der Waals surface area (Å²) in [6, 6.07) is 12.1. The van der Waals surface area contributed by atoms with E-state index in [1.165, 1.54) is 23.9 Å². The molecule has 31 heavy (non-hydrogen) atoms. The summed E-state index contributed by atoms with van der Waals surface area (Å²) in [4.78, 5) is 4.49. The van der Waals surface area contributed by atoms with E-state index < -0.39 is 11.8 Å². The number of aryl methyl sites for hydroxylation is 2. The predicted octanol–water partition coefficient (Wildman–Crippen LogP) is 4.37. The molecule has 2 N–H and O–H groups in total. The van der Waals surface area contributed by atoms with Gasteiger partial charge in [0.25, 0.3) is 0 Å². The minimum atomic E-state index is -0.867. The number of aromatic amines is 1. The second kappa shape index (κ2) is 8.21. The molecule has 0 bridgehead atoms. The van der Waals surface area contributed by atoms with Crippen LogP contribution in [0.5, 0.6) is 5.88 Å². The molecule has 3 heterocycles. The Labute approximate surface area is 182 Å². The van der Waals surface area contributed by atoms with Gasteiger partial charge in [-0.1, -0.05) is 23.9 Å². The van der Waals surface area contributed by atoms with Gasteiger partial charge in [-0.25, -0.2) is 9.37 Å². The van der Waals surface area contributed by atoms with E-state index in [4.69, 9.17) is 10.1 Å². The molecule has 0 radical (unpaired) electrons. The van der Waals surface area contributed by atoms with Gasteiger partial charge in [0.05, 0.1) is 17.3 Å². The largest absolute Gasteiger partial charge is 0.422 e. The third-order valence-corrected chi connectivity index (χ3v) is 6.13. The molecule has 0 saturated heterocycles. The van der Waals surface area contributed by atoms with E-state index in [0.29, 0.717) is 33.2 Å². The number of H-pyrrole nitrogens is 1. The van der Waals surface area contributed by atoms with Crippen LogP contribution in [0.1, 0.15) is 39.6 Å². The van der Waals surface area contributed by atoms with Gasteiger partial charge in [-0.05, 0) is 43.2 Å². The van der Waals surface area contributed by atoms with Crippen molar-refractivity contribution in [2.75, 3.05) is 0 Å². The number of nitrogens with one attached hydrogen (secondary N) is 2. The number of aromatic nitrogens is 3. The van der Waals surface area contributed by atoms with Gasteiger partial charge >= 0.3 is 0 Å². The topological polar surface area (TPSA) is 122 Å². The summed E-state index contributed by atoms with van der Waals surface area (Å²) in [5.74, 6) is -1.34. The van der Waals surface area contributed by atoms with Gasteiger partial charge in [0, 0.05) is 22.9 Å². The summed E-state index contributed by atoms with van der Waals surface area (Å²) in [6.07, 6.45) is 0. The van der Waals surface area contributed by atoms with Crippen LogP contribution in [0, 0.1) is 53.7 Å². The fraction of sp³-hybridized carbons (Fsp3) is 0.227. The Bertz CT molecular complexity index is 1250. The Morgan fingerprint density at radius 1 is 1.26 bits per heavy atom. The number of halogens is 1. The van der Waals surface area contributed by atoms with E-state index in [1.807, 2.05) is 19.9 Å². The molecule has 0 aliphatic carbocycles. The molecule has 9 heteroatoms. The lowest BCUT2D eigenvalue weighted by molar-refractivity contribution is 0.436. The first-order chi connectivity index (χ1) is 14.9. The first kappa shape index (κ1) is 20.6. The standard InChI is InChI=1S/C22H17FN6OS/c1-11-7-12(2)27-22(15(11)8-24)31-10-17-19-18(13-3-5-14(23)6-4-13)16(9-25)20(26)30-21(19)29-28-17/h3-7,16,18,26H,10H2,1-2H3,(H,28,29). The highest BCUT2D eigenvalue weighted by Gasteiger charge is 2.40. The van der Waals surface area contributed by atoms with Crippen LogP contribution in [0.15, 0.2) is 35.4 Å². The van der Waals surface area contributed by atoms with Crippen LogP contribution in [-0.4, -0.2) is 21.1 Å². The number of hydrogen-bond acceptors (Lipinski definition) is 7. The van der Waals surface area contributed by atoms with Crippen LogP contribution in [0.4, 0.5) is 4.39 Å². The zero-order valence-electron chi connectivity index (χ0n) is 16.7. The van der Waals surface area contributed by atoms with Crippen LogP contribution in [0.25, 0.3) is 0 Å². The summed E-state index contributed by atoms with van der Waals surface area (Å²) in [5, 5.41) is 35.1. The van der Waals surface area contributed by atoms with Crippen molar-refractivity contribution < 1.29 is 9.13 Å². The third-order valence-electron chi connectivity index (χ3n) is 5.13. The lowest BCUT2D eigenvalue weighted by atomic mass is 9.79. The van der Waals surface area contributed by atoms with Crippen molar-refractivity contribution in [1.29, 1.82) is 15.9 Å². The van der Waals surface area contributed by atoms with Crippen molar-refractivity contribution in [3.63, 3.8) is 0 Å². The molecule has 3 aromatic rings. The lowest BCUT2D eigenvalue weighted by Gasteiger charge is -2.28. The molecule has 2 unspecified atom stereocenters. The highest BCUT2D eigenvalue weighted by Crippen LogP contribution is 2.44. The molecule has 0 amide bonds. The second-order valence-electron chi connectivity index (χ2n) is 7.18. The normalized spacial score (nSPS) is 17.4. The van der Waals surface area contributed by atoms with Gasteiger partial charge in [-0.3, -0.25) is 10.5 Å². The van der Waals surface area contributed by atoms with E-state index in [2.05, 4.69) is 27.3 Å². The van der Waals surface area contributed by atoms with E-state index in [0.717, 1.165) is 11.3 Å². The van der Waals surface area contributed by atoms with Crippen molar-refractivity contribution in [1.82, 2.24) is 15.2 Å². The smallest absolute Gasteiger partial charge is 0.243 e. The fourth-order valence-electron chi connectivity index (χ4n) is 3.71. The first-order valence-electron chi connectivity index (χ1n) is 9.42. The number of thioether (sulfide) groups is 1. The number of fused-ring (bicyclic) bond motifs is 1. The maximum Gasteiger partial charge on any atom is 0.243 e. The highest BCUT2D eigenvalue weighted by atomic mass is 32.2. The van der Waals surface area contributed by atoms with Gasteiger partial charge in [0.1, 0.15) is 22.8 Å². The summed E-state index contributed by atoms with van der Waals surface area (Å²) in [5.41, 5.74) is 4.24. The maximum atomic E-state index is 13.5. The Hall–Kier alpha value is -3.69. The molecule has 7 nitrogen and oxygen atoms in total. The van der Waals surface area contributed by atoms with Gasteiger partial charge in [-0.15, -0.1) is 5.10 Å². The van der Waals surface area contributed by atoms with Crippen molar-refractivity contribution >= 4 is 17.7 Å². The number of nitrogens with zero attached hydrogens (tertiary/aromatic N) is 4. The average molecular weight is 432 g/mol. The van der Waals surface area contributed by atoms with Crippen molar-refractivity contribution in [2.45, 2.75) is 30.5 Å². The molecule has 0 fully saturated rings. The first-order valence-corrected chi connectivity index (χ1v) is 10.4. The van der Waals surface area contributed by atoms with Crippen LogP contribution >= 0.6 is 11.8 Å². The van der Waals surface area contributed by atoms with E-state index in [-0.39, 0.29) is 17.6 Å². The zero-order valence-corrected chi connectivity index (χ0v) is 17.5. The average Bonchev–Trinajstić information content (AvgIpc) is 3.13. The van der Waals surface area contributed by atoms with Gasteiger partial charge in [-0.2, -0.15) is 10.5 Å². The van der Waals surface area contributed by atoms with Crippen LogP contribution < -0.4 is 4.74 Å². The molecule has 4 rings (SSSR count). The number of benzene rings is 1. The molecule has 0 saturated carbocycles. The maximum absolute atomic E-state index is 13.5. The SMILES string of the molecule is Cc1cc(C)c(C#N)c(SCc2[nH]nc3c2C(c2ccc(F)cc2)C(C#N)C(=N)O3)n1. The third kappa shape index (κ3) is 3.76. The van der Waals surface area contributed by atoms with E-state index in [9.17, 15) is 14.9 Å². The van der Waals surface area contributed by atoms with Gasteiger partial charge < -0.3 is 4.74 Å². The van der Waals surface area contributed by atoms with Crippen LogP contribution in [0.2, 0.25) is 0 Å².